The molecule has 0 amide bonds. The molecular weight excluding hydrogens is 498 g/mol. The van der Waals surface area contributed by atoms with E-state index in [0.717, 1.165) is 17.8 Å². The minimum atomic E-state index is -0.101. The lowest BCUT2D eigenvalue weighted by Crippen LogP contribution is -2.31. The number of aromatic nitrogens is 2. The summed E-state index contributed by atoms with van der Waals surface area (Å²) in [7, 11) is 0. The lowest BCUT2D eigenvalue weighted by molar-refractivity contribution is -0.191. The monoisotopic (exact) mass is 527 g/mol. The standard InChI is InChI=1S/C29H29N3O2S.CO2/c1-21-3-2-4-26(31-21)28-19-30-29(34-28)27(33)14-9-22-5-10-24(11-6-22)25-12-7-23(8-13-25)20-32-15-17-35-18-16-32;2-1-3/h2-8,10-13,19H,9,14-18,20H2,1H3;. The first-order chi connectivity index (χ1) is 18.6. The fourth-order valence-electron chi connectivity index (χ4n) is 4.25. The average molecular weight is 528 g/mol. The zero-order valence-electron chi connectivity index (χ0n) is 21.3. The summed E-state index contributed by atoms with van der Waals surface area (Å²) in [5.41, 5.74) is 6.46. The summed E-state index contributed by atoms with van der Waals surface area (Å²) in [4.78, 5) is 40.0. The van der Waals surface area contributed by atoms with E-state index in [9.17, 15) is 4.79 Å². The van der Waals surface area contributed by atoms with Crippen LogP contribution in [0.15, 0.2) is 77.3 Å². The van der Waals surface area contributed by atoms with Gasteiger partial charge in [-0.05, 0) is 47.7 Å². The van der Waals surface area contributed by atoms with Crippen LogP contribution >= 0.6 is 11.8 Å². The Balaban J connectivity index is 0.00000107. The Hall–Kier alpha value is -3.84. The molecule has 5 rings (SSSR count). The molecule has 0 aliphatic carbocycles. The predicted molar refractivity (Wildman–Crippen MR) is 147 cm³/mol. The van der Waals surface area contributed by atoms with E-state index in [0.29, 0.717) is 24.3 Å². The van der Waals surface area contributed by atoms with Gasteiger partial charge in [0.05, 0.1) is 6.20 Å². The molecule has 0 spiro atoms. The van der Waals surface area contributed by atoms with Crippen LogP contribution in [0.25, 0.3) is 22.6 Å². The number of oxazole rings is 1. The van der Waals surface area contributed by atoms with E-state index in [1.165, 1.54) is 41.3 Å². The smallest absolute Gasteiger partial charge is 0.373 e. The van der Waals surface area contributed by atoms with Gasteiger partial charge in [0, 0.05) is 43.3 Å². The lowest BCUT2D eigenvalue weighted by atomic mass is 10.0. The third-order valence-electron chi connectivity index (χ3n) is 6.28. The Morgan fingerprint density at radius 2 is 1.58 bits per heavy atom. The van der Waals surface area contributed by atoms with E-state index < -0.39 is 0 Å². The molecule has 1 saturated heterocycles. The van der Waals surface area contributed by atoms with Crippen LogP contribution < -0.4 is 0 Å². The van der Waals surface area contributed by atoms with E-state index >= 15 is 0 Å². The van der Waals surface area contributed by atoms with Crippen molar-refractivity contribution in [3.63, 3.8) is 0 Å². The van der Waals surface area contributed by atoms with Gasteiger partial charge < -0.3 is 4.42 Å². The van der Waals surface area contributed by atoms with Crippen molar-refractivity contribution in [3.8, 4) is 22.6 Å². The molecule has 0 bridgehead atoms. The summed E-state index contributed by atoms with van der Waals surface area (Å²) < 4.78 is 5.68. The van der Waals surface area contributed by atoms with E-state index in [2.05, 4.69) is 63.4 Å². The zero-order chi connectivity index (χ0) is 26.7. The Kier molecular flexibility index (Phi) is 9.76. The van der Waals surface area contributed by atoms with E-state index in [1.807, 2.05) is 36.9 Å². The number of aryl methyl sites for hydroxylation is 2. The number of carbonyl (C=O) groups excluding carboxylic acids is 3. The Bertz CT molecular complexity index is 1370. The number of Topliss-reactive ketones (excluding diaryl/α,β-unsaturated/α-hetero) is 1. The maximum Gasteiger partial charge on any atom is 0.373 e. The first kappa shape index (κ1) is 27.2. The van der Waals surface area contributed by atoms with Gasteiger partial charge in [-0.15, -0.1) is 0 Å². The van der Waals surface area contributed by atoms with Gasteiger partial charge in [0.2, 0.25) is 5.78 Å². The Morgan fingerprint density at radius 3 is 2.21 bits per heavy atom. The predicted octanol–water partition coefficient (Wildman–Crippen LogP) is 5.49. The first-order valence-corrected chi connectivity index (χ1v) is 13.6. The third kappa shape index (κ3) is 7.59. The number of rotatable bonds is 8. The minimum Gasteiger partial charge on any atom is -0.432 e. The molecule has 1 fully saturated rings. The fourth-order valence-corrected chi connectivity index (χ4v) is 5.23. The topological polar surface area (TPSA) is 93.4 Å². The van der Waals surface area contributed by atoms with Crippen LogP contribution in [-0.2, 0) is 22.6 Å². The average Bonchev–Trinajstić information content (AvgIpc) is 3.44. The number of thioether (sulfide) groups is 1. The van der Waals surface area contributed by atoms with Gasteiger partial charge >= 0.3 is 6.15 Å². The highest BCUT2D eigenvalue weighted by molar-refractivity contribution is 7.99. The molecule has 8 heteroatoms. The second-order valence-corrected chi connectivity index (χ2v) is 10.2. The van der Waals surface area contributed by atoms with Crippen LogP contribution in [-0.4, -0.2) is 51.4 Å². The number of pyridine rings is 1. The molecule has 0 saturated carbocycles. The van der Waals surface area contributed by atoms with Crippen molar-refractivity contribution in [2.45, 2.75) is 26.3 Å². The highest BCUT2D eigenvalue weighted by atomic mass is 32.2. The van der Waals surface area contributed by atoms with Gasteiger partial charge in [-0.3, -0.25) is 9.69 Å². The van der Waals surface area contributed by atoms with Crippen LogP contribution in [0.5, 0.6) is 0 Å². The number of ketones is 1. The molecule has 7 nitrogen and oxygen atoms in total. The van der Waals surface area contributed by atoms with Gasteiger partial charge in [0.15, 0.2) is 5.76 Å². The Morgan fingerprint density at radius 1 is 0.947 bits per heavy atom. The zero-order valence-corrected chi connectivity index (χ0v) is 22.1. The SMILES string of the molecule is Cc1cccc(-c2cnc(C(=O)CCc3ccc(-c4ccc(CN5CCSCC5)cc4)cc3)o2)n1.O=C=O. The fraction of sp³-hybridized carbons (Fsp3) is 0.267. The third-order valence-corrected chi connectivity index (χ3v) is 7.22. The molecule has 38 heavy (non-hydrogen) atoms. The van der Waals surface area contributed by atoms with Crippen molar-refractivity contribution < 1.29 is 18.8 Å². The largest absolute Gasteiger partial charge is 0.432 e. The van der Waals surface area contributed by atoms with Crippen molar-refractivity contribution in [3.05, 3.63) is 95.6 Å². The number of benzene rings is 2. The highest BCUT2D eigenvalue weighted by Gasteiger charge is 2.15. The van der Waals surface area contributed by atoms with Crippen LogP contribution in [0.1, 0.15) is 33.9 Å². The molecule has 0 N–H and O–H groups in total. The van der Waals surface area contributed by atoms with Crippen molar-refractivity contribution in [2.75, 3.05) is 24.6 Å². The molecule has 3 heterocycles. The normalized spacial score (nSPS) is 13.3. The maximum absolute atomic E-state index is 12.6. The van der Waals surface area contributed by atoms with E-state index in [1.54, 1.807) is 6.20 Å². The lowest BCUT2D eigenvalue weighted by Gasteiger charge is -2.26. The summed E-state index contributed by atoms with van der Waals surface area (Å²) in [5, 5.41) is 0. The van der Waals surface area contributed by atoms with Gasteiger partial charge in [-0.25, -0.2) is 9.97 Å². The molecule has 4 aromatic rings. The van der Waals surface area contributed by atoms with Gasteiger partial charge in [-0.2, -0.15) is 21.4 Å². The van der Waals surface area contributed by atoms with Gasteiger partial charge in [-0.1, -0.05) is 54.6 Å². The van der Waals surface area contributed by atoms with Crippen molar-refractivity contribution >= 4 is 23.7 Å². The molecule has 0 unspecified atom stereocenters. The summed E-state index contributed by atoms with van der Waals surface area (Å²) in [6, 6.07) is 23.0. The summed E-state index contributed by atoms with van der Waals surface area (Å²) in [6.07, 6.45) is 2.82. The first-order valence-electron chi connectivity index (χ1n) is 12.5. The molecule has 2 aromatic heterocycles. The van der Waals surface area contributed by atoms with E-state index in [-0.39, 0.29) is 17.8 Å². The molecule has 1 aliphatic heterocycles. The maximum atomic E-state index is 12.6. The molecular formula is C30H29N3O4S. The van der Waals surface area contributed by atoms with Crippen molar-refractivity contribution in [1.82, 2.24) is 14.9 Å². The summed E-state index contributed by atoms with van der Waals surface area (Å²) >= 11 is 2.04. The van der Waals surface area contributed by atoms with E-state index in [4.69, 9.17) is 14.0 Å². The quantitative estimate of drug-likeness (QED) is 0.278. The molecule has 194 valence electrons. The molecule has 0 radical (unpaired) electrons. The summed E-state index contributed by atoms with van der Waals surface area (Å²) in [6.45, 7) is 5.30. The van der Waals surface area contributed by atoms with Crippen molar-refractivity contribution in [2.24, 2.45) is 0 Å². The minimum absolute atomic E-state index is 0.101. The molecule has 0 atom stereocenters. The number of hydrogen-bond acceptors (Lipinski definition) is 8. The number of nitrogens with zero attached hydrogens (tertiary/aromatic N) is 3. The van der Waals surface area contributed by atoms with Crippen LogP contribution in [0.3, 0.4) is 0 Å². The second-order valence-electron chi connectivity index (χ2n) is 8.98. The summed E-state index contributed by atoms with van der Waals surface area (Å²) in [5.74, 6) is 3.03. The Labute approximate surface area is 226 Å². The van der Waals surface area contributed by atoms with Gasteiger partial charge in [0.1, 0.15) is 5.69 Å². The van der Waals surface area contributed by atoms with Crippen molar-refractivity contribution in [1.29, 1.82) is 0 Å². The van der Waals surface area contributed by atoms with Crippen LogP contribution in [0.2, 0.25) is 0 Å². The number of hydrogen-bond donors (Lipinski definition) is 0. The molecule has 1 aliphatic rings. The number of carbonyl (C=O) groups is 1. The van der Waals surface area contributed by atoms with Crippen LogP contribution in [0.4, 0.5) is 0 Å². The van der Waals surface area contributed by atoms with Gasteiger partial charge in [0.25, 0.3) is 5.89 Å². The second kappa shape index (κ2) is 13.6. The van der Waals surface area contributed by atoms with Crippen LogP contribution in [0, 0.1) is 6.92 Å². The highest BCUT2D eigenvalue weighted by Crippen LogP contribution is 2.23. The molecule has 2 aromatic carbocycles.